The van der Waals surface area contributed by atoms with E-state index in [0.29, 0.717) is 39.1 Å². The molecule has 176 valence electrons. The predicted molar refractivity (Wildman–Crippen MR) is 130 cm³/mol. The van der Waals surface area contributed by atoms with Crippen LogP contribution in [0, 0.1) is 5.82 Å². The van der Waals surface area contributed by atoms with Crippen LogP contribution in [0.1, 0.15) is 24.4 Å². The summed E-state index contributed by atoms with van der Waals surface area (Å²) in [4.78, 5) is 19.2. The minimum Gasteiger partial charge on any atom is -0.497 e. The number of ether oxygens (including phenoxy) is 1. The number of carbonyl (C=O) groups excluding carboxylic acids is 1. The number of urea groups is 1. The molecule has 0 bridgehead atoms. The number of allylic oxidation sites excluding steroid dienone is 1. The van der Waals surface area contributed by atoms with Crippen LogP contribution in [0.15, 0.2) is 83.0 Å². The maximum Gasteiger partial charge on any atom is 0.327 e. The van der Waals surface area contributed by atoms with Crippen molar-refractivity contribution in [1.29, 1.82) is 0 Å². The lowest BCUT2D eigenvalue weighted by atomic mass is 9.94. The van der Waals surface area contributed by atoms with Crippen molar-refractivity contribution < 1.29 is 18.4 Å². The molecule has 2 amide bonds. The Morgan fingerprint density at radius 3 is 2.66 bits per heavy atom. The zero-order valence-electron chi connectivity index (χ0n) is 18.8. The predicted octanol–water partition coefficient (Wildman–Crippen LogP) is 6.24. The van der Waals surface area contributed by atoms with Crippen LogP contribution in [-0.4, -0.2) is 23.3 Å². The first-order valence-electron chi connectivity index (χ1n) is 10.8. The lowest BCUT2D eigenvalue weighted by molar-refractivity contribution is 0.244. The average Bonchev–Trinajstić information content (AvgIpc) is 3.33. The van der Waals surface area contributed by atoms with Crippen LogP contribution < -0.4 is 15.0 Å². The summed E-state index contributed by atoms with van der Waals surface area (Å²) in [7, 11) is 1.57. The Bertz CT molecular complexity index is 1450. The Balaban J connectivity index is 1.67. The maximum atomic E-state index is 14.0. The molecule has 1 aliphatic heterocycles. The quantitative estimate of drug-likeness (QED) is 0.358. The van der Waals surface area contributed by atoms with Gasteiger partial charge in [0.05, 0.1) is 24.4 Å². The van der Waals surface area contributed by atoms with Crippen LogP contribution in [0.25, 0.3) is 17.0 Å². The summed E-state index contributed by atoms with van der Waals surface area (Å²) < 4.78 is 25.1. The molecule has 0 saturated carbocycles. The molecule has 1 aliphatic rings. The molecular formula is C26H20ClFN4O3. The lowest BCUT2D eigenvalue weighted by Gasteiger charge is -2.35. The molecule has 0 saturated heterocycles. The molecule has 0 fully saturated rings. The van der Waals surface area contributed by atoms with E-state index in [0.717, 1.165) is 5.56 Å². The molecule has 1 unspecified atom stereocenters. The van der Waals surface area contributed by atoms with Gasteiger partial charge in [-0.25, -0.2) is 9.18 Å². The van der Waals surface area contributed by atoms with E-state index in [9.17, 15) is 9.18 Å². The number of hydrogen-bond acceptors (Lipinski definition) is 5. The zero-order chi connectivity index (χ0) is 24.5. The number of methoxy groups -OCH3 is 1. The van der Waals surface area contributed by atoms with Crippen LogP contribution in [0.4, 0.5) is 14.9 Å². The minimum absolute atomic E-state index is 0.215. The van der Waals surface area contributed by atoms with Gasteiger partial charge < -0.3 is 14.6 Å². The van der Waals surface area contributed by atoms with Gasteiger partial charge in [-0.2, -0.15) is 4.98 Å². The van der Waals surface area contributed by atoms with Crippen molar-refractivity contribution in [2.45, 2.75) is 13.0 Å². The fourth-order valence-electron chi connectivity index (χ4n) is 4.09. The van der Waals surface area contributed by atoms with Crippen molar-refractivity contribution in [3.8, 4) is 17.1 Å². The van der Waals surface area contributed by atoms with Gasteiger partial charge >= 0.3 is 6.03 Å². The number of halogens is 2. The smallest absolute Gasteiger partial charge is 0.327 e. The normalized spacial score (nSPS) is 15.8. The van der Waals surface area contributed by atoms with Crippen LogP contribution in [0.2, 0.25) is 5.02 Å². The zero-order valence-corrected chi connectivity index (χ0v) is 19.6. The molecular weight excluding hydrogens is 471 g/mol. The second-order valence-corrected chi connectivity index (χ2v) is 8.34. The highest BCUT2D eigenvalue weighted by atomic mass is 35.5. The maximum absolute atomic E-state index is 14.0. The number of benzene rings is 3. The van der Waals surface area contributed by atoms with E-state index >= 15 is 0 Å². The first-order valence-corrected chi connectivity index (χ1v) is 11.1. The molecule has 9 heteroatoms. The molecule has 2 heterocycles. The molecule has 0 spiro atoms. The standard InChI is InChI=1S/C26H20ClFN4O3/c1-15-22(25-30-24(31-35-25)17-7-3-8-18(27)12-17)23(16-6-4-11-21(13-16)34-2)29-26(33)32(15)20-10-5-9-19(28)14-20/h3-14,23H,1-2H3,(H,29,33). The van der Waals surface area contributed by atoms with Gasteiger partial charge in [-0.3, -0.25) is 4.90 Å². The molecule has 35 heavy (non-hydrogen) atoms. The Hall–Kier alpha value is -4.17. The number of aromatic nitrogens is 2. The monoisotopic (exact) mass is 490 g/mol. The average molecular weight is 491 g/mol. The summed E-state index contributed by atoms with van der Waals surface area (Å²) in [5.41, 5.74) is 2.91. The van der Waals surface area contributed by atoms with E-state index < -0.39 is 17.9 Å². The number of carbonyl (C=O) groups is 1. The minimum atomic E-state index is -0.616. The summed E-state index contributed by atoms with van der Waals surface area (Å²) in [6.45, 7) is 1.76. The van der Waals surface area contributed by atoms with Crippen molar-refractivity contribution >= 4 is 28.9 Å². The summed E-state index contributed by atoms with van der Waals surface area (Å²) in [5, 5.41) is 7.67. The molecule has 1 aromatic heterocycles. The highest BCUT2D eigenvalue weighted by Gasteiger charge is 2.36. The largest absolute Gasteiger partial charge is 0.497 e. The van der Waals surface area contributed by atoms with Gasteiger partial charge in [0, 0.05) is 16.3 Å². The van der Waals surface area contributed by atoms with Crippen LogP contribution >= 0.6 is 11.6 Å². The number of hydrogen-bond donors (Lipinski definition) is 1. The number of amides is 2. The summed E-state index contributed by atoms with van der Waals surface area (Å²) in [6.07, 6.45) is 0. The Kier molecular flexibility index (Phi) is 5.96. The number of nitrogens with zero attached hydrogens (tertiary/aromatic N) is 3. The number of anilines is 1. The first-order chi connectivity index (χ1) is 16.9. The van der Waals surface area contributed by atoms with Gasteiger partial charge in [-0.05, 0) is 55.0 Å². The first kappa shape index (κ1) is 22.6. The van der Waals surface area contributed by atoms with E-state index in [1.807, 2.05) is 30.3 Å². The lowest BCUT2D eigenvalue weighted by Crippen LogP contribution is -2.46. The SMILES string of the molecule is COc1cccc(C2NC(=O)N(c3cccc(F)c3)C(C)=C2c2nc(-c3cccc(Cl)c3)no2)c1. The van der Waals surface area contributed by atoms with Gasteiger partial charge in [-0.1, -0.05) is 47.1 Å². The van der Waals surface area contributed by atoms with Gasteiger partial charge in [-0.15, -0.1) is 0 Å². The second kappa shape index (κ2) is 9.23. The summed E-state index contributed by atoms with van der Waals surface area (Å²) >= 11 is 6.13. The van der Waals surface area contributed by atoms with E-state index in [2.05, 4.69) is 15.5 Å². The van der Waals surface area contributed by atoms with Crippen LogP contribution in [0.5, 0.6) is 5.75 Å². The molecule has 3 aromatic carbocycles. The third-order valence-corrected chi connectivity index (χ3v) is 5.95. The van der Waals surface area contributed by atoms with Crippen molar-refractivity contribution in [3.63, 3.8) is 0 Å². The van der Waals surface area contributed by atoms with Crippen molar-refractivity contribution in [2.75, 3.05) is 12.0 Å². The topological polar surface area (TPSA) is 80.5 Å². The fourth-order valence-corrected chi connectivity index (χ4v) is 4.29. The van der Waals surface area contributed by atoms with E-state index in [-0.39, 0.29) is 5.89 Å². The summed E-state index contributed by atoms with van der Waals surface area (Å²) in [6, 6.07) is 19.2. The van der Waals surface area contributed by atoms with Gasteiger partial charge in [0.2, 0.25) is 5.82 Å². The van der Waals surface area contributed by atoms with Gasteiger partial charge in [0.25, 0.3) is 5.89 Å². The van der Waals surface area contributed by atoms with Crippen LogP contribution in [0.3, 0.4) is 0 Å². The number of nitrogens with one attached hydrogen (secondary N) is 1. The highest BCUT2D eigenvalue weighted by Crippen LogP contribution is 2.40. The molecule has 0 aliphatic carbocycles. The second-order valence-electron chi connectivity index (χ2n) is 7.91. The fraction of sp³-hybridized carbons (Fsp3) is 0.115. The molecule has 0 radical (unpaired) electrons. The Morgan fingerprint density at radius 1 is 1.09 bits per heavy atom. The number of rotatable bonds is 5. The van der Waals surface area contributed by atoms with Crippen molar-refractivity contribution in [1.82, 2.24) is 15.5 Å². The van der Waals surface area contributed by atoms with Gasteiger partial charge in [0.1, 0.15) is 11.6 Å². The van der Waals surface area contributed by atoms with Crippen molar-refractivity contribution in [3.05, 3.63) is 101 Å². The summed E-state index contributed by atoms with van der Waals surface area (Å²) in [5.74, 6) is 0.736. The molecule has 1 N–H and O–H groups in total. The van der Waals surface area contributed by atoms with Crippen LogP contribution in [-0.2, 0) is 0 Å². The highest BCUT2D eigenvalue weighted by molar-refractivity contribution is 6.30. The third-order valence-electron chi connectivity index (χ3n) is 5.72. The molecule has 1 atom stereocenters. The van der Waals surface area contributed by atoms with E-state index in [1.54, 1.807) is 44.4 Å². The molecule has 7 nitrogen and oxygen atoms in total. The third kappa shape index (κ3) is 4.36. The van der Waals surface area contributed by atoms with E-state index in [4.69, 9.17) is 20.9 Å². The molecule has 4 aromatic rings. The Labute approximate surface area is 205 Å². The van der Waals surface area contributed by atoms with Gasteiger partial charge in [0.15, 0.2) is 0 Å². The van der Waals surface area contributed by atoms with E-state index in [1.165, 1.54) is 17.0 Å². The Morgan fingerprint density at radius 2 is 1.89 bits per heavy atom. The van der Waals surface area contributed by atoms with Crippen molar-refractivity contribution in [2.24, 2.45) is 0 Å². The molecule has 5 rings (SSSR count).